The maximum absolute atomic E-state index is 14.1. The molecule has 4 aromatic carbocycles. The van der Waals surface area contributed by atoms with Crippen molar-refractivity contribution in [2.45, 2.75) is 0 Å². The Bertz CT molecular complexity index is 1030. The van der Waals surface area contributed by atoms with Crippen LogP contribution in [0.25, 0.3) is 0 Å². The molecule has 0 bridgehead atoms. The molecule has 2 nitrogen and oxygen atoms in total. The van der Waals surface area contributed by atoms with E-state index in [1.807, 2.05) is 91.0 Å². The Kier molecular flexibility index (Phi) is 6.66. The molecule has 0 aliphatic heterocycles. The fourth-order valence-electron chi connectivity index (χ4n) is 3.61. The second kappa shape index (κ2) is 9.60. The molecule has 0 N–H and O–H groups in total. The summed E-state index contributed by atoms with van der Waals surface area (Å²) in [7, 11) is -2.98. The van der Waals surface area contributed by atoms with Gasteiger partial charge in [0.1, 0.15) is 0 Å². The molecule has 4 rings (SSSR count). The molecule has 0 saturated carbocycles. The normalized spacial score (nSPS) is 11.1. The maximum atomic E-state index is 14.1. The van der Waals surface area contributed by atoms with Crippen molar-refractivity contribution in [3.63, 3.8) is 0 Å². The van der Waals surface area contributed by atoms with Gasteiger partial charge in [-0.1, -0.05) is 0 Å². The van der Waals surface area contributed by atoms with Crippen molar-refractivity contribution >= 4 is 23.9 Å². The van der Waals surface area contributed by atoms with Gasteiger partial charge in [0.25, 0.3) is 0 Å². The number of halogens is 3. The Morgan fingerprint density at radius 1 is 0.581 bits per heavy atom. The molecule has 4 aromatic rings. The Hall–Kier alpha value is -2.73. The van der Waals surface area contributed by atoms with E-state index in [1.54, 1.807) is 0 Å². The standard InChI is InChI=1S/C18H15OSi.C6H3F3O.Zn/c19-20(16-10-4-1-5-11-16,17-12-6-2-7-13-17)18-14-8-3-9-15-18;7-3-1-4(8)6(10)5(9)2-3;/h1-15H;1-2,10H;/q-1;;+2/p-1. The summed E-state index contributed by atoms with van der Waals surface area (Å²) in [5.74, 6) is -3.72. The van der Waals surface area contributed by atoms with Gasteiger partial charge in [0, 0.05) is 0 Å². The van der Waals surface area contributed by atoms with Crippen molar-refractivity contribution < 1.29 is 37.8 Å². The first-order valence-electron chi connectivity index (χ1n) is 9.69. The Balaban J connectivity index is 1.78. The molecule has 0 saturated heterocycles. The Morgan fingerprint density at radius 3 is 1.35 bits per heavy atom. The summed E-state index contributed by atoms with van der Waals surface area (Å²) in [6.07, 6.45) is 0. The molecular weight excluding hydrogens is 471 g/mol. The van der Waals surface area contributed by atoms with Crippen LogP contribution in [0.3, 0.4) is 0 Å². The summed E-state index contributed by atoms with van der Waals surface area (Å²) in [5, 5.41) is 3.00. The van der Waals surface area contributed by atoms with Crippen LogP contribution in [0.2, 0.25) is 0 Å². The van der Waals surface area contributed by atoms with E-state index in [4.69, 9.17) is 6.82 Å². The van der Waals surface area contributed by atoms with Crippen LogP contribution < -0.4 is 19.1 Å². The topological polar surface area (TPSA) is 18.5 Å². The van der Waals surface area contributed by atoms with Crippen molar-refractivity contribution in [1.29, 1.82) is 0 Å². The molecule has 0 heterocycles. The van der Waals surface area contributed by atoms with Gasteiger partial charge in [0.05, 0.1) is 0 Å². The van der Waals surface area contributed by atoms with Crippen LogP contribution in [0, 0.1) is 17.5 Å². The Morgan fingerprint density at radius 2 is 0.968 bits per heavy atom. The van der Waals surface area contributed by atoms with E-state index in [2.05, 4.69) is 0 Å². The molecule has 0 fully saturated rings. The second-order valence-electron chi connectivity index (χ2n) is 6.88. The molecular formula is C24H17F3O2SiZn. The van der Waals surface area contributed by atoms with E-state index >= 15 is 0 Å². The van der Waals surface area contributed by atoms with Gasteiger partial charge in [-0.15, -0.1) is 0 Å². The molecule has 0 aliphatic rings. The van der Waals surface area contributed by atoms with Gasteiger partial charge in [0.15, 0.2) is 0 Å². The van der Waals surface area contributed by atoms with Gasteiger partial charge < -0.3 is 0 Å². The van der Waals surface area contributed by atoms with E-state index in [0.717, 1.165) is 15.6 Å². The van der Waals surface area contributed by atoms with Crippen molar-refractivity contribution in [3.8, 4) is 5.75 Å². The second-order valence-corrected chi connectivity index (χ2v) is 13.2. The van der Waals surface area contributed by atoms with Gasteiger partial charge in [-0.25, -0.2) is 0 Å². The zero-order chi connectivity index (χ0) is 21.7. The molecule has 31 heavy (non-hydrogen) atoms. The number of benzene rings is 4. The minimum absolute atomic E-state index is 0.585. The van der Waals surface area contributed by atoms with E-state index in [-0.39, 0.29) is 0 Å². The molecule has 0 aliphatic carbocycles. The predicted octanol–water partition coefficient (Wildman–Crippen LogP) is 4.08. The molecule has 0 aromatic heterocycles. The first kappa shape index (κ1) is 21.5. The summed E-state index contributed by atoms with van der Waals surface area (Å²) < 4.78 is 53.5. The summed E-state index contributed by atoms with van der Waals surface area (Å²) in [6, 6.07) is 30.7. The van der Waals surface area contributed by atoms with Crippen molar-refractivity contribution in [3.05, 3.63) is 121 Å². The molecule has 0 amide bonds. The zero-order valence-corrected chi connectivity index (χ0v) is 20.4. The molecule has 0 unspecified atom stereocenters. The van der Waals surface area contributed by atoms with Crippen LogP contribution in [0.15, 0.2) is 103 Å². The van der Waals surface area contributed by atoms with Gasteiger partial charge in [-0.05, 0) is 0 Å². The summed E-state index contributed by atoms with van der Waals surface area (Å²) in [4.78, 5) is 0. The van der Waals surface area contributed by atoms with Gasteiger partial charge in [0.2, 0.25) is 0 Å². The summed E-state index contributed by atoms with van der Waals surface area (Å²) in [5.41, 5.74) is 0. The van der Waals surface area contributed by atoms with Crippen LogP contribution in [-0.4, -0.2) is 8.32 Å². The average molecular weight is 488 g/mol. The first-order valence-corrected chi connectivity index (χ1v) is 14.0. The first-order chi connectivity index (χ1) is 15.1. The number of rotatable bonds is 7. The molecule has 0 spiro atoms. The SMILES string of the molecule is Fc1cc(F)c([O][Zn][O][Si](c2ccccc2)(c2ccccc2)c2ccccc2)c(F)c1. The molecule has 0 radical (unpaired) electrons. The third-order valence-corrected chi connectivity index (χ3v) is 13.3. The minimum atomic E-state index is -2.98. The third kappa shape index (κ3) is 4.49. The van der Waals surface area contributed by atoms with Crippen LogP contribution in [0.1, 0.15) is 0 Å². The Labute approximate surface area is 187 Å². The zero-order valence-electron chi connectivity index (χ0n) is 16.5. The number of hydrogen-bond acceptors (Lipinski definition) is 2. The van der Waals surface area contributed by atoms with Gasteiger partial charge >= 0.3 is 188 Å². The van der Waals surface area contributed by atoms with Crippen molar-refractivity contribution in [2.75, 3.05) is 0 Å². The molecule has 152 valence electrons. The fourth-order valence-corrected chi connectivity index (χ4v) is 12.8. The van der Waals surface area contributed by atoms with Crippen LogP contribution in [-0.2, 0) is 21.1 Å². The van der Waals surface area contributed by atoms with E-state index in [1.165, 1.54) is 0 Å². The number of hydrogen-bond donors (Lipinski definition) is 0. The van der Waals surface area contributed by atoms with E-state index in [0.29, 0.717) is 12.1 Å². The van der Waals surface area contributed by atoms with E-state index in [9.17, 15) is 13.2 Å². The van der Waals surface area contributed by atoms with Crippen LogP contribution in [0.5, 0.6) is 5.75 Å². The van der Waals surface area contributed by atoms with Crippen molar-refractivity contribution in [1.82, 2.24) is 0 Å². The monoisotopic (exact) mass is 486 g/mol. The quantitative estimate of drug-likeness (QED) is 0.289. The fraction of sp³-hybridized carbons (Fsp3) is 0. The molecule has 7 heteroatoms. The van der Waals surface area contributed by atoms with Crippen molar-refractivity contribution in [2.24, 2.45) is 0 Å². The van der Waals surface area contributed by atoms with Crippen LogP contribution in [0.4, 0.5) is 13.2 Å². The predicted molar refractivity (Wildman–Crippen MR) is 112 cm³/mol. The van der Waals surface area contributed by atoms with Gasteiger partial charge in [-0.2, -0.15) is 0 Å². The van der Waals surface area contributed by atoms with Crippen LogP contribution >= 0.6 is 0 Å². The molecule has 0 atom stereocenters. The summed E-state index contributed by atoms with van der Waals surface area (Å²) >= 11 is -2.45. The van der Waals surface area contributed by atoms with Gasteiger partial charge in [-0.3, -0.25) is 0 Å². The third-order valence-electron chi connectivity index (χ3n) is 4.98. The average Bonchev–Trinajstić information content (AvgIpc) is 2.80. The summed E-state index contributed by atoms with van der Waals surface area (Å²) in [6.45, 7) is 0. The van der Waals surface area contributed by atoms with E-state index < -0.39 is 49.4 Å².